The molecule has 0 amide bonds. The van der Waals surface area contributed by atoms with Crippen LogP contribution in [-0.4, -0.2) is 49.3 Å². The Kier molecular flexibility index (Phi) is 2.66. The van der Waals surface area contributed by atoms with Crippen molar-refractivity contribution in [3.63, 3.8) is 0 Å². The molecule has 3 saturated carbocycles. The first-order valence-electron chi connectivity index (χ1n) is 10.3. The molecule has 0 unspecified atom stereocenters. The van der Waals surface area contributed by atoms with Crippen molar-refractivity contribution in [3.05, 3.63) is 29.8 Å². The maximum absolute atomic E-state index is 13.0. The van der Waals surface area contributed by atoms with E-state index in [4.69, 9.17) is 4.74 Å². The van der Waals surface area contributed by atoms with Crippen LogP contribution in [0.2, 0.25) is 0 Å². The van der Waals surface area contributed by atoms with E-state index in [0.29, 0.717) is 11.5 Å². The van der Waals surface area contributed by atoms with Crippen LogP contribution < -0.4 is 5.32 Å². The third-order valence-corrected chi connectivity index (χ3v) is 9.30. The molecule has 6 atom stereocenters. The standard InChI is InChI=1S/C22H29N2O2/c1-24-12-5-8-20-9-10-22(16(14-20)18(25)26-2)21(11-13-24,19(20)24)15-6-3-4-7-17(15)23-22/h3-4,6-7,16,19,23H,5,8-14H2,1-2H3/q+1/t16-,19+,20+,21-,22-,24+/m0/s1. The van der Waals surface area contributed by atoms with Gasteiger partial charge in [-0.1, -0.05) is 18.2 Å². The monoisotopic (exact) mass is 353 g/mol. The number of rotatable bonds is 1. The van der Waals surface area contributed by atoms with Crippen LogP contribution in [0.4, 0.5) is 5.69 Å². The number of carbonyl (C=O) groups excluding carboxylic acids is 1. The van der Waals surface area contributed by atoms with E-state index in [-0.39, 0.29) is 22.8 Å². The van der Waals surface area contributed by atoms with Gasteiger partial charge in [0, 0.05) is 17.5 Å². The first kappa shape index (κ1) is 15.5. The van der Waals surface area contributed by atoms with Crippen LogP contribution in [0.5, 0.6) is 0 Å². The summed E-state index contributed by atoms with van der Waals surface area (Å²) in [6.07, 6.45) is 7.19. The predicted octanol–water partition coefficient (Wildman–Crippen LogP) is 3.07. The van der Waals surface area contributed by atoms with Crippen LogP contribution in [0.1, 0.15) is 44.1 Å². The molecule has 2 bridgehead atoms. The molecule has 26 heavy (non-hydrogen) atoms. The molecule has 1 aromatic rings. The Hall–Kier alpha value is -1.55. The number of esters is 1. The maximum Gasteiger partial charge on any atom is 0.311 e. The summed E-state index contributed by atoms with van der Waals surface area (Å²) in [5.41, 5.74) is 3.02. The van der Waals surface area contributed by atoms with Gasteiger partial charge in [-0.25, -0.2) is 0 Å². The third-order valence-electron chi connectivity index (χ3n) is 9.30. The molecule has 5 fully saturated rings. The van der Waals surface area contributed by atoms with Crippen molar-refractivity contribution in [1.82, 2.24) is 0 Å². The van der Waals surface area contributed by atoms with Crippen molar-refractivity contribution in [3.8, 4) is 0 Å². The van der Waals surface area contributed by atoms with Crippen LogP contribution in [0.15, 0.2) is 24.3 Å². The number of likely N-dealkylation sites (N-methyl/N-ethyl adjacent to an activating group) is 1. The van der Waals surface area contributed by atoms with Gasteiger partial charge in [0.15, 0.2) is 0 Å². The first-order valence-corrected chi connectivity index (χ1v) is 10.3. The fourth-order valence-corrected chi connectivity index (χ4v) is 8.79. The van der Waals surface area contributed by atoms with Gasteiger partial charge in [0.05, 0.1) is 44.1 Å². The molecule has 138 valence electrons. The van der Waals surface area contributed by atoms with Crippen LogP contribution in [0.25, 0.3) is 0 Å². The number of piperidine rings is 1. The molecule has 3 spiro atoms. The van der Waals surface area contributed by atoms with E-state index >= 15 is 0 Å². The molecule has 1 aromatic carbocycles. The van der Waals surface area contributed by atoms with Crippen molar-refractivity contribution in [2.75, 3.05) is 32.6 Å². The summed E-state index contributed by atoms with van der Waals surface area (Å²) in [5, 5.41) is 3.96. The average molecular weight is 353 g/mol. The Morgan fingerprint density at radius 2 is 2.04 bits per heavy atom. The van der Waals surface area contributed by atoms with E-state index < -0.39 is 0 Å². The fraction of sp³-hybridized carbons (Fsp3) is 0.682. The topological polar surface area (TPSA) is 38.3 Å². The number of fused-ring (bicyclic) bond motifs is 3. The van der Waals surface area contributed by atoms with Gasteiger partial charge in [-0.05, 0) is 43.7 Å². The van der Waals surface area contributed by atoms with E-state index in [1.165, 1.54) is 54.5 Å². The summed E-state index contributed by atoms with van der Waals surface area (Å²) < 4.78 is 6.58. The summed E-state index contributed by atoms with van der Waals surface area (Å²) in [5.74, 6) is -0.0107. The lowest BCUT2D eigenvalue weighted by Gasteiger charge is -2.68. The van der Waals surface area contributed by atoms with Gasteiger partial charge >= 0.3 is 5.97 Å². The van der Waals surface area contributed by atoms with E-state index in [1.807, 2.05) is 0 Å². The van der Waals surface area contributed by atoms with Crippen molar-refractivity contribution < 1.29 is 14.0 Å². The van der Waals surface area contributed by atoms with E-state index in [0.717, 1.165) is 12.8 Å². The minimum atomic E-state index is -0.149. The molecule has 1 N–H and O–H groups in total. The predicted molar refractivity (Wildman–Crippen MR) is 99.8 cm³/mol. The Morgan fingerprint density at radius 3 is 2.88 bits per heavy atom. The molecule has 4 nitrogen and oxygen atoms in total. The van der Waals surface area contributed by atoms with Gasteiger partial charge < -0.3 is 14.5 Å². The summed E-state index contributed by atoms with van der Waals surface area (Å²) in [7, 11) is 4.07. The average Bonchev–Trinajstić information content (AvgIpc) is 3.15. The van der Waals surface area contributed by atoms with Crippen LogP contribution in [0.3, 0.4) is 0 Å². The van der Waals surface area contributed by atoms with Crippen LogP contribution in [0, 0.1) is 11.3 Å². The number of para-hydroxylation sites is 1. The highest BCUT2D eigenvalue weighted by atomic mass is 16.5. The second kappa shape index (κ2) is 4.46. The van der Waals surface area contributed by atoms with Crippen LogP contribution >= 0.6 is 0 Å². The molecule has 4 heteroatoms. The lowest BCUT2D eigenvalue weighted by Crippen LogP contribution is -2.79. The molecule has 3 aliphatic heterocycles. The van der Waals surface area contributed by atoms with Crippen molar-refractivity contribution in [2.45, 2.75) is 55.5 Å². The number of methoxy groups -OCH3 is 1. The number of hydrogen-bond donors (Lipinski definition) is 1. The number of nitrogens with one attached hydrogen (secondary N) is 1. The molecular formula is C22H29N2O2+. The molecular weight excluding hydrogens is 324 g/mol. The smallest absolute Gasteiger partial charge is 0.311 e. The maximum atomic E-state index is 13.0. The summed E-state index contributed by atoms with van der Waals surface area (Å²) in [4.78, 5) is 13.0. The van der Waals surface area contributed by atoms with Gasteiger partial charge in [-0.15, -0.1) is 0 Å². The molecule has 6 aliphatic rings. The Balaban J connectivity index is 1.67. The number of hydrogen-bond acceptors (Lipinski definition) is 3. The molecule has 7 rings (SSSR count). The highest BCUT2D eigenvalue weighted by Crippen LogP contribution is 2.75. The second-order valence-electron chi connectivity index (χ2n) is 9.94. The van der Waals surface area contributed by atoms with E-state index in [1.54, 1.807) is 7.11 Å². The zero-order chi connectivity index (χ0) is 17.8. The number of nitrogens with zero attached hydrogens (tertiary/aromatic N) is 1. The van der Waals surface area contributed by atoms with Crippen LogP contribution in [-0.2, 0) is 14.9 Å². The van der Waals surface area contributed by atoms with Crippen molar-refractivity contribution in [2.24, 2.45) is 11.3 Å². The largest absolute Gasteiger partial charge is 0.469 e. The molecule has 0 radical (unpaired) electrons. The Bertz CT molecular complexity index is 824. The SMILES string of the molecule is COC(=O)[C@@H]1C[C@@]23CCC[N@+]4(C)CC[C@]5(c6ccccc6N[C@@]15CC2)[C@@H]34. The van der Waals surface area contributed by atoms with Crippen molar-refractivity contribution in [1.29, 1.82) is 0 Å². The number of carbonyl (C=O) groups is 1. The van der Waals surface area contributed by atoms with Gasteiger partial charge in [-0.2, -0.15) is 0 Å². The molecule has 3 aliphatic carbocycles. The number of benzene rings is 1. The summed E-state index contributed by atoms with van der Waals surface area (Å²) >= 11 is 0. The minimum absolute atomic E-state index is 0.00822. The Labute approximate surface area is 155 Å². The summed E-state index contributed by atoms with van der Waals surface area (Å²) in [6, 6.07) is 9.56. The number of anilines is 1. The van der Waals surface area contributed by atoms with Crippen molar-refractivity contribution >= 4 is 11.7 Å². The van der Waals surface area contributed by atoms with Gasteiger partial charge in [-0.3, -0.25) is 4.79 Å². The number of ether oxygens (including phenoxy) is 1. The third kappa shape index (κ3) is 1.38. The molecule has 3 heterocycles. The Morgan fingerprint density at radius 1 is 1.19 bits per heavy atom. The van der Waals surface area contributed by atoms with Gasteiger partial charge in [0.1, 0.15) is 6.04 Å². The normalized spacial score (nSPS) is 49.8. The summed E-state index contributed by atoms with van der Waals surface area (Å²) in [6.45, 7) is 2.55. The molecule has 2 saturated heterocycles. The highest BCUT2D eigenvalue weighted by Gasteiger charge is 2.83. The second-order valence-corrected chi connectivity index (χ2v) is 9.94. The highest BCUT2D eigenvalue weighted by molar-refractivity contribution is 5.80. The van der Waals surface area contributed by atoms with Gasteiger partial charge in [0.2, 0.25) is 0 Å². The fourth-order valence-electron chi connectivity index (χ4n) is 8.79. The first-order chi connectivity index (χ1) is 12.5. The van der Waals surface area contributed by atoms with E-state index in [9.17, 15) is 4.79 Å². The lowest BCUT2D eigenvalue weighted by molar-refractivity contribution is -0.939. The van der Waals surface area contributed by atoms with E-state index in [2.05, 4.69) is 36.6 Å². The molecule has 0 aromatic heterocycles. The zero-order valence-electron chi connectivity index (χ0n) is 15.9. The quantitative estimate of drug-likeness (QED) is 0.623. The van der Waals surface area contributed by atoms with Gasteiger partial charge in [0.25, 0.3) is 0 Å². The minimum Gasteiger partial charge on any atom is -0.469 e. The zero-order valence-corrected chi connectivity index (χ0v) is 15.9. The lowest BCUT2D eigenvalue weighted by atomic mass is 9.38. The number of quaternary nitrogens is 1.